The molecule has 1 saturated heterocycles. The summed E-state index contributed by atoms with van der Waals surface area (Å²) in [5.74, 6) is 2.01. The standard InChI is InChI=1S/C25H37ClN4O3/c1-5-10-28-11-8-20(9-12-28)15-29(25(31)32)24-13-19(4)30(27-24)16-21-14-22(26)6-7-23(21)33-17-18(2)3/h6-7,13-14,18,20H,5,8-12,15-17H2,1-4H3,(H,31,32). The number of ether oxygens (including phenoxy) is 1. The van der Waals surface area contributed by atoms with Crippen LogP contribution >= 0.6 is 11.6 Å². The van der Waals surface area contributed by atoms with Gasteiger partial charge in [-0.3, -0.25) is 9.58 Å². The van der Waals surface area contributed by atoms with Crippen LogP contribution in [0.15, 0.2) is 24.3 Å². The Hall–Kier alpha value is -2.25. The molecule has 1 N–H and O–H groups in total. The van der Waals surface area contributed by atoms with E-state index in [9.17, 15) is 9.90 Å². The Labute approximate surface area is 202 Å². The highest BCUT2D eigenvalue weighted by atomic mass is 35.5. The van der Waals surface area contributed by atoms with Gasteiger partial charge in [-0.1, -0.05) is 32.4 Å². The molecule has 182 valence electrons. The number of aromatic nitrogens is 2. The molecule has 1 aromatic carbocycles. The fourth-order valence-corrected chi connectivity index (χ4v) is 4.45. The second-order valence-electron chi connectivity index (χ2n) is 9.44. The van der Waals surface area contributed by atoms with Crippen molar-refractivity contribution < 1.29 is 14.6 Å². The number of carboxylic acid groups (broad SMARTS) is 1. The van der Waals surface area contributed by atoms with Crippen molar-refractivity contribution in [1.82, 2.24) is 14.7 Å². The highest BCUT2D eigenvalue weighted by molar-refractivity contribution is 6.30. The van der Waals surface area contributed by atoms with Crippen LogP contribution in [0, 0.1) is 18.8 Å². The summed E-state index contributed by atoms with van der Waals surface area (Å²) in [6.07, 6.45) is 2.23. The number of hydrogen-bond donors (Lipinski definition) is 1. The number of carbonyl (C=O) groups is 1. The summed E-state index contributed by atoms with van der Waals surface area (Å²) in [6, 6.07) is 7.44. The van der Waals surface area contributed by atoms with E-state index in [1.807, 2.05) is 35.9 Å². The van der Waals surface area contributed by atoms with Gasteiger partial charge in [0.1, 0.15) is 5.75 Å². The summed E-state index contributed by atoms with van der Waals surface area (Å²) in [6.45, 7) is 13.1. The third-order valence-electron chi connectivity index (χ3n) is 6.08. The third kappa shape index (κ3) is 7.11. The number of aryl methyl sites for hydroxylation is 1. The Morgan fingerprint density at radius 2 is 2.03 bits per heavy atom. The van der Waals surface area contributed by atoms with Crippen LogP contribution in [0.1, 0.15) is 51.3 Å². The Balaban J connectivity index is 1.73. The minimum Gasteiger partial charge on any atom is -0.493 e. The van der Waals surface area contributed by atoms with Crippen molar-refractivity contribution in [3.05, 3.63) is 40.5 Å². The van der Waals surface area contributed by atoms with E-state index in [1.54, 1.807) is 0 Å². The Morgan fingerprint density at radius 3 is 2.67 bits per heavy atom. The zero-order valence-corrected chi connectivity index (χ0v) is 21.0. The molecular formula is C25H37ClN4O3. The van der Waals surface area contributed by atoms with Crippen LogP contribution in [0.4, 0.5) is 10.6 Å². The van der Waals surface area contributed by atoms with E-state index in [1.165, 1.54) is 4.90 Å². The van der Waals surface area contributed by atoms with Gasteiger partial charge in [0.15, 0.2) is 5.82 Å². The lowest BCUT2D eigenvalue weighted by atomic mass is 9.96. The zero-order chi connectivity index (χ0) is 24.0. The number of likely N-dealkylation sites (tertiary alicyclic amines) is 1. The Bertz CT molecular complexity index is 922. The average Bonchev–Trinajstić information content (AvgIpc) is 3.12. The number of halogens is 1. The zero-order valence-electron chi connectivity index (χ0n) is 20.3. The van der Waals surface area contributed by atoms with Crippen LogP contribution in [0.5, 0.6) is 5.75 Å². The smallest absolute Gasteiger partial charge is 0.413 e. The first kappa shape index (κ1) is 25.4. The maximum absolute atomic E-state index is 12.1. The minimum atomic E-state index is -0.959. The Morgan fingerprint density at radius 1 is 1.30 bits per heavy atom. The highest BCUT2D eigenvalue weighted by Crippen LogP contribution is 2.27. The lowest BCUT2D eigenvalue weighted by Gasteiger charge is -2.33. The first-order valence-corrected chi connectivity index (χ1v) is 12.3. The van der Waals surface area contributed by atoms with Crippen LogP contribution in [0.2, 0.25) is 5.02 Å². The van der Waals surface area contributed by atoms with Crippen molar-refractivity contribution in [1.29, 1.82) is 0 Å². The maximum Gasteiger partial charge on any atom is 0.413 e. The SMILES string of the molecule is CCCN1CCC(CN(C(=O)O)c2cc(C)n(Cc3cc(Cl)ccc3OCC(C)C)n2)CC1. The molecule has 0 bridgehead atoms. The van der Waals surface area contributed by atoms with E-state index in [-0.39, 0.29) is 0 Å². The molecule has 1 aliphatic heterocycles. The summed E-state index contributed by atoms with van der Waals surface area (Å²) in [5.41, 5.74) is 1.81. The molecule has 1 fully saturated rings. The van der Waals surface area contributed by atoms with Gasteiger partial charge in [0.05, 0.1) is 13.2 Å². The minimum absolute atomic E-state index is 0.351. The van der Waals surface area contributed by atoms with Gasteiger partial charge >= 0.3 is 6.09 Å². The number of hydrogen-bond acceptors (Lipinski definition) is 4. The van der Waals surface area contributed by atoms with Crippen molar-refractivity contribution in [2.24, 2.45) is 11.8 Å². The first-order valence-electron chi connectivity index (χ1n) is 11.9. The van der Waals surface area contributed by atoms with Gasteiger partial charge in [-0.25, -0.2) is 4.79 Å². The lowest BCUT2D eigenvalue weighted by Crippen LogP contribution is -2.41. The molecule has 2 aromatic rings. The van der Waals surface area contributed by atoms with Crippen molar-refractivity contribution in [3.8, 4) is 5.75 Å². The Kier molecular flexibility index (Phi) is 9.03. The van der Waals surface area contributed by atoms with Gasteiger partial charge in [-0.2, -0.15) is 5.10 Å². The van der Waals surface area contributed by atoms with Crippen molar-refractivity contribution >= 4 is 23.5 Å². The van der Waals surface area contributed by atoms with Gasteiger partial charge < -0.3 is 14.7 Å². The number of nitrogens with zero attached hydrogens (tertiary/aromatic N) is 4. The van der Waals surface area contributed by atoms with Crippen LogP contribution in [-0.2, 0) is 6.54 Å². The van der Waals surface area contributed by atoms with E-state index in [2.05, 4.69) is 30.8 Å². The second-order valence-corrected chi connectivity index (χ2v) is 9.87. The number of anilines is 1. The maximum atomic E-state index is 12.1. The van der Waals surface area contributed by atoms with Gasteiger partial charge in [-0.15, -0.1) is 0 Å². The highest BCUT2D eigenvalue weighted by Gasteiger charge is 2.26. The van der Waals surface area contributed by atoms with E-state index in [4.69, 9.17) is 16.3 Å². The summed E-state index contributed by atoms with van der Waals surface area (Å²) >= 11 is 6.25. The van der Waals surface area contributed by atoms with Crippen molar-refractivity contribution in [2.45, 2.75) is 53.5 Å². The first-order chi connectivity index (χ1) is 15.8. The summed E-state index contributed by atoms with van der Waals surface area (Å²) < 4.78 is 7.80. The van der Waals surface area contributed by atoms with E-state index >= 15 is 0 Å². The molecule has 0 radical (unpaired) electrons. The fourth-order valence-electron chi connectivity index (χ4n) is 4.25. The van der Waals surface area contributed by atoms with Gasteiger partial charge in [0.2, 0.25) is 0 Å². The lowest BCUT2D eigenvalue weighted by molar-refractivity contribution is 0.178. The van der Waals surface area contributed by atoms with Crippen LogP contribution in [0.25, 0.3) is 0 Å². The molecule has 1 amide bonds. The van der Waals surface area contributed by atoms with Crippen LogP contribution < -0.4 is 9.64 Å². The number of piperidine rings is 1. The van der Waals surface area contributed by atoms with Gasteiger partial charge in [0.25, 0.3) is 0 Å². The van der Waals surface area contributed by atoms with Crippen molar-refractivity contribution in [2.75, 3.05) is 37.7 Å². The molecule has 8 heteroatoms. The molecular weight excluding hydrogens is 440 g/mol. The largest absolute Gasteiger partial charge is 0.493 e. The summed E-state index contributed by atoms with van der Waals surface area (Å²) in [5, 5.41) is 15.2. The van der Waals surface area contributed by atoms with Gasteiger partial charge in [-0.05, 0) is 75.9 Å². The summed E-state index contributed by atoms with van der Waals surface area (Å²) in [4.78, 5) is 16.0. The molecule has 1 aliphatic rings. The topological polar surface area (TPSA) is 70.8 Å². The number of rotatable bonds is 10. The molecule has 3 rings (SSSR count). The predicted octanol–water partition coefficient (Wildman–Crippen LogP) is 5.53. The van der Waals surface area contributed by atoms with Crippen LogP contribution in [-0.4, -0.2) is 58.7 Å². The monoisotopic (exact) mass is 476 g/mol. The third-order valence-corrected chi connectivity index (χ3v) is 6.31. The van der Waals surface area contributed by atoms with Crippen molar-refractivity contribution in [3.63, 3.8) is 0 Å². The van der Waals surface area contributed by atoms with E-state index in [0.717, 1.165) is 55.9 Å². The average molecular weight is 477 g/mol. The molecule has 33 heavy (non-hydrogen) atoms. The molecule has 0 aliphatic carbocycles. The molecule has 0 spiro atoms. The van der Waals surface area contributed by atoms with Crippen LogP contribution in [0.3, 0.4) is 0 Å². The molecule has 0 atom stereocenters. The summed E-state index contributed by atoms with van der Waals surface area (Å²) in [7, 11) is 0. The van der Waals surface area contributed by atoms with E-state index in [0.29, 0.717) is 42.4 Å². The fraction of sp³-hybridized carbons (Fsp3) is 0.600. The quantitative estimate of drug-likeness (QED) is 0.487. The number of benzene rings is 1. The normalized spacial score (nSPS) is 15.2. The van der Waals surface area contributed by atoms with E-state index < -0.39 is 6.09 Å². The second kappa shape index (κ2) is 11.7. The van der Waals surface area contributed by atoms with Gasteiger partial charge in [0, 0.05) is 28.9 Å². The molecule has 0 saturated carbocycles. The predicted molar refractivity (Wildman–Crippen MR) is 133 cm³/mol. The molecule has 0 unspecified atom stereocenters. The molecule has 7 nitrogen and oxygen atoms in total. The molecule has 2 heterocycles. The number of amides is 1. The molecule has 1 aromatic heterocycles.